The monoisotopic (exact) mass is 328 g/mol. The minimum atomic E-state index is -0.214. The first-order chi connectivity index (χ1) is 11.5. The first kappa shape index (κ1) is 16.6. The topological polar surface area (TPSA) is 75.1 Å². The smallest absolute Gasteiger partial charge is 0.241 e. The number of hydrazine groups is 1. The predicted molar refractivity (Wildman–Crippen MR) is 90.9 cm³/mol. The van der Waals surface area contributed by atoms with Gasteiger partial charge >= 0.3 is 0 Å². The minimum Gasteiger partial charge on any atom is -0.340 e. The van der Waals surface area contributed by atoms with Crippen molar-refractivity contribution in [2.75, 3.05) is 7.05 Å². The Morgan fingerprint density at radius 2 is 2.25 bits per heavy atom. The quantitative estimate of drug-likeness (QED) is 0.849. The summed E-state index contributed by atoms with van der Waals surface area (Å²) in [5.41, 5.74) is 9.52. The zero-order valence-electron chi connectivity index (χ0n) is 14.4. The third kappa shape index (κ3) is 3.80. The van der Waals surface area contributed by atoms with Crippen LogP contribution in [-0.4, -0.2) is 44.7 Å². The van der Waals surface area contributed by atoms with Crippen LogP contribution in [0.3, 0.4) is 0 Å². The second-order valence-electron chi connectivity index (χ2n) is 6.44. The van der Waals surface area contributed by atoms with Gasteiger partial charge in [0.05, 0.1) is 12.2 Å². The van der Waals surface area contributed by atoms with Gasteiger partial charge in [-0.3, -0.25) is 19.9 Å². The number of hydrogen-bond donors (Lipinski definition) is 2. The summed E-state index contributed by atoms with van der Waals surface area (Å²) in [5.74, 6) is 0.0854. The maximum atomic E-state index is 12.6. The first-order valence-corrected chi connectivity index (χ1v) is 8.19. The van der Waals surface area contributed by atoms with Gasteiger partial charge in [-0.05, 0) is 38.0 Å². The molecular formula is C17H24N6O. The Morgan fingerprint density at radius 3 is 2.92 bits per heavy atom. The third-order valence-corrected chi connectivity index (χ3v) is 4.30. The van der Waals surface area contributed by atoms with Crippen LogP contribution in [0.15, 0.2) is 30.6 Å². The molecule has 0 saturated carbocycles. The van der Waals surface area contributed by atoms with Gasteiger partial charge in [0.15, 0.2) is 0 Å². The number of aromatic nitrogens is 3. The number of carbonyl (C=O) groups excluding carboxylic acids is 1. The van der Waals surface area contributed by atoms with E-state index < -0.39 is 0 Å². The van der Waals surface area contributed by atoms with Crippen LogP contribution in [0.5, 0.6) is 0 Å². The number of hydrogen-bond acceptors (Lipinski definition) is 5. The van der Waals surface area contributed by atoms with Crippen molar-refractivity contribution in [1.82, 2.24) is 30.5 Å². The van der Waals surface area contributed by atoms with Crippen molar-refractivity contribution in [3.8, 4) is 0 Å². The van der Waals surface area contributed by atoms with E-state index in [0.29, 0.717) is 6.54 Å². The Labute approximate surface area is 142 Å². The zero-order valence-corrected chi connectivity index (χ0v) is 14.4. The van der Waals surface area contributed by atoms with Crippen LogP contribution < -0.4 is 10.9 Å². The second kappa shape index (κ2) is 7.11. The Balaban J connectivity index is 1.54. The van der Waals surface area contributed by atoms with E-state index in [9.17, 15) is 4.79 Å². The van der Waals surface area contributed by atoms with E-state index in [2.05, 4.69) is 27.0 Å². The van der Waals surface area contributed by atoms with E-state index >= 15 is 0 Å². The van der Waals surface area contributed by atoms with Gasteiger partial charge in [0, 0.05) is 37.7 Å². The van der Waals surface area contributed by atoms with Crippen molar-refractivity contribution >= 4 is 5.91 Å². The summed E-state index contributed by atoms with van der Waals surface area (Å²) in [6.07, 6.45) is 4.27. The van der Waals surface area contributed by atoms with E-state index in [4.69, 9.17) is 0 Å². The molecule has 7 heteroatoms. The van der Waals surface area contributed by atoms with E-state index in [1.54, 1.807) is 17.3 Å². The van der Waals surface area contributed by atoms with Crippen LogP contribution in [-0.2, 0) is 17.9 Å². The van der Waals surface area contributed by atoms with Crippen molar-refractivity contribution < 1.29 is 4.79 Å². The van der Waals surface area contributed by atoms with Crippen LogP contribution in [0.25, 0.3) is 0 Å². The van der Waals surface area contributed by atoms with Gasteiger partial charge in [-0.1, -0.05) is 6.07 Å². The molecule has 3 rings (SSSR count). The molecule has 0 bridgehead atoms. The highest BCUT2D eigenvalue weighted by atomic mass is 16.2. The average Bonchev–Trinajstić information content (AvgIpc) is 3.14. The van der Waals surface area contributed by atoms with Crippen molar-refractivity contribution in [3.63, 3.8) is 0 Å². The summed E-state index contributed by atoms with van der Waals surface area (Å²) >= 11 is 0. The number of nitrogens with zero attached hydrogens (tertiary/aromatic N) is 4. The van der Waals surface area contributed by atoms with Gasteiger partial charge in [0.2, 0.25) is 5.91 Å². The molecule has 1 aliphatic rings. The summed E-state index contributed by atoms with van der Waals surface area (Å²) in [5, 5.41) is 4.48. The Morgan fingerprint density at radius 1 is 1.42 bits per heavy atom. The molecule has 1 saturated heterocycles. The molecule has 24 heavy (non-hydrogen) atoms. The molecule has 2 aromatic rings. The lowest BCUT2D eigenvalue weighted by molar-refractivity contribution is -0.132. The molecule has 0 spiro atoms. The highest BCUT2D eigenvalue weighted by molar-refractivity contribution is 5.81. The molecular weight excluding hydrogens is 304 g/mol. The number of pyridine rings is 1. The number of amides is 1. The summed E-state index contributed by atoms with van der Waals surface area (Å²) < 4.78 is 1.99. The number of nitrogens with one attached hydrogen (secondary N) is 2. The molecule has 7 nitrogen and oxygen atoms in total. The molecule has 2 atom stereocenters. The Hall–Kier alpha value is -2.25. The SMILES string of the molecule is Cc1cc(C)n(CC2CC(C(=O)N(C)Cc3cccnc3)NN2)n1. The van der Waals surface area contributed by atoms with Gasteiger partial charge < -0.3 is 4.90 Å². The number of carbonyl (C=O) groups is 1. The van der Waals surface area contributed by atoms with Gasteiger partial charge in [-0.15, -0.1) is 0 Å². The summed E-state index contributed by atoms with van der Waals surface area (Å²) in [7, 11) is 1.82. The van der Waals surface area contributed by atoms with Crippen LogP contribution in [0.2, 0.25) is 0 Å². The molecule has 128 valence electrons. The van der Waals surface area contributed by atoms with Crippen LogP contribution in [0, 0.1) is 13.8 Å². The van der Waals surface area contributed by atoms with E-state index in [1.807, 2.05) is 37.7 Å². The number of aryl methyl sites for hydroxylation is 2. The molecule has 1 amide bonds. The third-order valence-electron chi connectivity index (χ3n) is 4.30. The lowest BCUT2D eigenvalue weighted by Gasteiger charge is -2.20. The molecule has 2 N–H and O–H groups in total. The maximum absolute atomic E-state index is 12.6. The number of likely N-dealkylation sites (N-methyl/N-ethyl adjacent to an activating group) is 1. The normalized spacial score (nSPS) is 20.3. The summed E-state index contributed by atoms with van der Waals surface area (Å²) in [6, 6.07) is 5.89. The molecule has 2 unspecified atom stereocenters. The van der Waals surface area contributed by atoms with Gasteiger partial charge in [-0.25, -0.2) is 5.43 Å². The van der Waals surface area contributed by atoms with Gasteiger partial charge in [0.1, 0.15) is 6.04 Å². The van der Waals surface area contributed by atoms with Crippen molar-refractivity contribution in [3.05, 3.63) is 47.5 Å². The van der Waals surface area contributed by atoms with Crippen molar-refractivity contribution in [1.29, 1.82) is 0 Å². The Bertz CT molecular complexity index is 698. The van der Waals surface area contributed by atoms with E-state index in [-0.39, 0.29) is 18.0 Å². The van der Waals surface area contributed by atoms with E-state index in [1.165, 1.54) is 0 Å². The van der Waals surface area contributed by atoms with Gasteiger partial charge in [0.25, 0.3) is 0 Å². The van der Waals surface area contributed by atoms with Crippen LogP contribution >= 0.6 is 0 Å². The molecule has 0 aromatic carbocycles. The average molecular weight is 328 g/mol. The second-order valence-corrected chi connectivity index (χ2v) is 6.44. The lowest BCUT2D eigenvalue weighted by Crippen LogP contribution is -2.44. The molecule has 0 aliphatic carbocycles. The lowest BCUT2D eigenvalue weighted by atomic mass is 10.1. The molecule has 1 fully saturated rings. The summed E-state index contributed by atoms with van der Waals surface area (Å²) in [4.78, 5) is 18.4. The first-order valence-electron chi connectivity index (χ1n) is 8.19. The Kier molecular flexibility index (Phi) is 4.92. The molecule has 0 radical (unpaired) electrons. The maximum Gasteiger partial charge on any atom is 0.241 e. The van der Waals surface area contributed by atoms with Crippen LogP contribution in [0.1, 0.15) is 23.4 Å². The standard InChI is InChI=1S/C17H24N6O/c1-12-7-13(2)23(21-12)11-15-8-16(20-19-15)17(24)22(3)10-14-5-4-6-18-9-14/h4-7,9,15-16,19-20H,8,10-11H2,1-3H3. The van der Waals surface area contributed by atoms with Crippen molar-refractivity contribution in [2.45, 2.75) is 45.4 Å². The number of rotatable bonds is 5. The highest BCUT2D eigenvalue weighted by Gasteiger charge is 2.31. The zero-order chi connectivity index (χ0) is 17.1. The molecule has 2 aromatic heterocycles. The summed E-state index contributed by atoms with van der Waals surface area (Å²) in [6.45, 7) is 5.35. The van der Waals surface area contributed by atoms with Crippen molar-refractivity contribution in [2.24, 2.45) is 0 Å². The van der Waals surface area contributed by atoms with Gasteiger partial charge in [-0.2, -0.15) is 5.10 Å². The molecule has 1 aliphatic heterocycles. The fourth-order valence-corrected chi connectivity index (χ4v) is 3.08. The molecule has 3 heterocycles. The highest BCUT2D eigenvalue weighted by Crippen LogP contribution is 2.13. The van der Waals surface area contributed by atoms with Crippen LogP contribution in [0.4, 0.5) is 0 Å². The minimum absolute atomic E-state index is 0.0854. The largest absolute Gasteiger partial charge is 0.340 e. The fourth-order valence-electron chi connectivity index (χ4n) is 3.08. The predicted octanol–water partition coefficient (Wildman–Crippen LogP) is 0.789. The van der Waals surface area contributed by atoms with E-state index in [0.717, 1.165) is 29.9 Å². The fraction of sp³-hybridized carbons (Fsp3) is 0.471.